The summed E-state index contributed by atoms with van der Waals surface area (Å²) in [7, 11) is 0. The molecule has 4 heterocycles. The minimum Gasteiger partial charge on any atom is -0.379 e. The molecule has 7 heteroatoms. The predicted octanol–water partition coefficient (Wildman–Crippen LogP) is 1.94. The van der Waals surface area contributed by atoms with Crippen molar-refractivity contribution in [2.75, 3.05) is 13.2 Å². The molecule has 1 aliphatic rings. The molecule has 4 rings (SSSR count). The molecule has 3 aromatic rings. The number of carbonyl (C=O) groups is 1. The normalized spacial score (nSPS) is 19.9. The van der Waals surface area contributed by atoms with Crippen LogP contribution in [0.4, 0.5) is 0 Å². The Hall–Kier alpha value is -2.67. The summed E-state index contributed by atoms with van der Waals surface area (Å²) in [4.78, 5) is 16.9. The SMILES string of the molecule is Cc1cc(CC2COCC2NC(=O)CCc2cn3ccccc3n2)on1. The second-order valence-corrected chi connectivity index (χ2v) is 6.81. The van der Waals surface area contributed by atoms with Crippen molar-refractivity contribution in [1.29, 1.82) is 0 Å². The molecule has 1 amide bonds. The van der Waals surface area contributed by atoms with Crippen LogP contribution in [0.5, 0.6) is 0 Å². The van der Waals surface area contributed by atoms with Gasteiger partial charge in [-0.25, -0.2) is 4.98 Å². The van der Waals surface area contributed by atoms with Crippen molar-refractivity contribution in [3.05, 3.63) is 53.8 Å². The number of amides is 1. The molecule has 3 aromatic heterocycles. The Bertz CT molecular complexity index is 868. The van der Waals surface area contributed by atoms with E-state index in [0.717, 1.165) is 29.2 Å². The first-order chi connectivity index (χ1) is 12.7. The first-order valence-electron chi connectivity index (χ1n) is 8.89. The molecular formula is C19H22N4O3. The van der Waals surface area contributed by atoms with Crippen LogP contribution in [0, 0.1) is 12.8 Å². The van der Waals surface area contributed by atoms with Crippen molar-refractivity contribution < 1.29 is 14.1 Å². The minimum absolute atomic E-state index is 0.00831. The Morgan fingerprint density at radius 3 is 3.12 bits per heavy atom. The van der Waals surface area contributed by atoms with Crippen molar-refractivity contribution >= 4 is 11.6 Å². The topological polar surface area (TPSA) is 81.7 Å². The number of hydrogen-bond acceptors (Lipinski definition) is 5. The number of nitrogens with zero attached hydrogens (tertiary/aromatic N) is 3. The summed E-state index contributed by atoms with van der Waals surface area (Å²) in [6.07, 6.45) is 5.67. The highest BCUT2D eigenvalue weighted by Crippen LogP contribution is 2.20. The van der Waals surface area contributed by atoms with E-state index in [9.17, 15) is 4.79 Å². The molecule has 26 heavy (non-hydrogen) atoms. The Morgan fingerprint density at radius 1 is 1.38 bits per heavy atom. The van der Waals surface area contributed by atoms with Crippen LogP contribution in [0.25, 0.3) is 5.65 Å². The Morgan fingerprint density at radius 2 is 2.31 bits per heavy atom. The highest BCUT2D eigenvalue weighted by atomic mass is 16.5. The molecule has 1 fully saturated rings. The van der Waals surface area contributed by atoms with E-state index in [0.29, 0.717) is 26.1 Å². The van der Waals surface area contributed by atoms with Gasteiger partial charge in [-0.15, -0.1) is 0 Å². The van der Waals surface area contributed by atoms with Crippen molar-refractivity contribution in [3.63, 3.8) is 0 Å². The van der Waals surface area contributed by atoms with Crippen molar-refractivity contribution in [1.82, 2.24) is 19.9 Å². The smallest absolute Gasteiger partial charge is 0.220 e. The highest BCUT2D eigenvalue weighted by molar-refractivity contribution is 5.76. The quantitative estimate of drug-likeness (QED) is 0.732. The van der Waals surface area contributed by atoms with Gasteiger partial charge in [0.05, 0.1) is 30.6 Å². The van der Waals surface area contributed by atoms with Gasteiger partial charge in [0.25, 0.3) is 0 Å². The molecular weight excluding hydrogens is 332 g/mol. The summed E-state index contributed by atoms with van der Waals surface area (Å²) in [5.41, 5.74) is 2.68. The molecule has 136 valence electrons. The van der Waals surface area contributed by atoms with Crippen LogP contribution < -0.4 is 5.32 Å². The standard InChI is InChI=1S/C19H22N4O3/c1-13-8-16(26-22-13)9-14-11-25-12-17(14)21-19(24)6-5-15-10-23-7-3-2-4-18(23)20-15/h2-4,7-8,10,14,17H,5-6,9,11-12H2,1H3,(H,21,24). The zero-order chi connectivity index (χ0) is 17.9. The van der Waals surface area contributed by atoms with E-state index < -0.39 is 0 Å². The van der Waals surface area contributed by atoms with Crippen molar-refractivity contribution in [3.8, 4) is 0 Å². The van der Waals surface area contributed by atoms with Crippen LogP contribution in [0.3, 0.4) is 0 Å². The van der Waals surface area contributed by atoms with E-state index in [4.69, 9.17) is 9.26 Å². The van der Waals surface area contributed by atoms with Gasteiger partial charge in [0.15, 0.2) is 0 Å². The summed E-state index contributed by atoms with van der Waals surface area (Å²) < 4.78 is 12.8. The van der Waals surface area contributed by atoms with Crippen molar-refractivity contribution in [2.24, 2.45) is 5.92 Å². The number of imidazole rings is 1. The lowest BCUT2D eigenvalue weighted by atomic mass is 9.98. The van der Waals surface area contributed by atoms with Gasteiger partial charge in [0.1, 0.15) is 11.4 Å². The third kappa shape index (κ3) is 3.77. The molecule has 1 saturated heterocycles. The van der Waals surface area contributed by atoms with Gasteiger partial charge in [-0.05, 0) is 25.5 Å². The number of ether oxygens (including phenoxy) is 1. The number of pyridine rings is 1. The number of aromatic nitrogens is 3. The van der Waals surface area contributed by atoms with E-state index >= 15 is 0 Å². The fourth-order valence-electron chi connectivity index (χ4n) is 3.36. The molecule has 1 aliphatic heterocycles. The average Bonchev–Trinajstić information content (AvgIpc) is 3.34. The summed E-state index contributed by atoms with van der Waals surface area (Å²) in [5, 5.41) is 7.01. The molecule has 0 spiro atoms. The first kappa shape index (κ1) is 16.8. The van der Waals surface area contributed by atoms with Crippen LogP contribution >= 0.6 is 0 Å². The Balaban J connectivity index is 1.30. The number of carbonyl (C=O) groups excluding carboxylic acids is 1. The minimum atomic E-state index is 0.00831. The van der Waals surface area contributed by atoms with Crippen LogP contribution in [0.1, 0.15) is 23.6 Å². The Kier molecular flexibility index (Phi) is 4.71. The lowest BCUT2D eigenvalue weighted by Crippen LogP contribution is -2.40. The second-order valence-electron chi connectivity index (χ2n) is 6.81. The molecule has 7 nitrogen and oxygen atoms in total. The van der Waals surface area contributed by atoms with Gasteiger partial charge in [-0.3, -0.25) is 4.79 Å². The molecule has 0 aliphatic carbocycles. The number of fused-ring (bicyclic) bond motifs is 1. The van der Waals surface area contributed by atoms with Crippen LogP contribution in [0.15, 0.2) is 41.2 Å². The van der Waals surface area contributed by atoms with Gasteiger partial charge in [-0.1, -0.05) is 11.2 Å². The third-order valence-corrected chi connectivity index (χ3v) is 4.71. The highest BCUT2D eigenvalue weighted by Gasteiger charge is 2.30. The lowest BCUT2D eigenvalue weighted by molar-refractivity contribution is -0.122. The summed E-state index contributed by atoms with van der Waals surface area (Å²) in [6, 6.07) is 7.81. The maximum absolute atomic E-state index is 12.4. The molecule has 0 radical (unpaired) electrons. The van der Waals surface area contributed by atoms with Crippen LogP contribution in [-0.4, -0.2) is 39.7 Å². The molecule has 0 bridgehead atoms. The third-order valence-electron chi connectivity index (χ3n) is 4.71. The number of aryl methyl sites for hydroxylation is 2. The van der Waals surface area contributed by atoms with Gasteiger partial charge in [-0.2, -0.15) is 0 Å². The lowest BCUT2D eigenvalue weighted by Gasteiger charge is -2.17. The number of hydrogen-bond donors (Lipinski definition) is 1. The zero-order valence-corrected chi connectivity index (χ0v) is 14.7. The number of rotatable bonds is 6. The van der Waals surface area contributed by atoms with E-state index in [-0.39, 0.29) is 17.9 Å². The zero-order valence-electron chi connectivity index (χ0n) is 14.7. The van der Waals surface area contributed by atoms with Gasteiger partial charge < -0.3 is 19.0 Å². The Labute approximate surface area is 151 Å². The van der Waals surface area contributed by atoms with Gasteiger partial charge >= 0.3 is 0 Å². The maximum atomic E-state index is 12.4. The fraction of sp³-hybridized carbons (Fsp3) is 0.421. The summed E-state index contributed by atoms with van der Waals surface area (Å²) in [6.45, 7) is 3.06. The predicted molar refractivity (Wildman–Crippen MR) is 94.7 cm³/mol. The van der Waals surface area contributed by atoms with Gasteiger partial charge in [0.2, 0.25) is 5.91 Å². The van der Waals surface area contributed by atoms with E-state index in [1.807, 2.05) is 48.0 Å². The van der Waals surface area contributed by atoms with E-state index in [1.165, 1.54) is 0 Å². The number of nitrogens with one attached hydrogen (secondary N) is 1. The molecule has 0 saturated carbocycles. The second kappa shape index (κ2) is 7.29. The van der Waals surface area contributed by atoms with Crippen LogP contribution in [-0.2, 0) is 22.4 Å². The van der Waals surface area contributed by atoms with E-state index in [2.05, 4.69) is 15.5 Å². The monoisotopic (exact) mass is 354 g/mol. The van der Waals surface area contributed by atoms with Crippen LogP contribution in [0.2, 0.25) is 0 Å². The molecule has 2 unspecified atom stereocenters. The maximum Gasteiger partial charge on any atom is 0.220 e. The van der Waals surface area contributed by atoms with Crippen molar-refractivity contribution in [2.45, 2.75) is 32.2 Å². The summed E-state index contributed by atoms with van der Waals surface area (Å²) in [5.74, 6) is 1.07. The fourth-order valence-corrected chi connectivity index (χ4v) is 3.36. The molecule has 1 N–H and O–H groups in total. The molecule has 2 atom stereocenters. The average molecular weight is 354 g/mol. The van der Waals surface area contributed by atoms with Gasteiger partial charge in [0, 0.05) is 37.2 Å². The summed E-state index contributed by atoms with van der Waals surface area (Å²) >= 11 is 0. The largest absolute Gasteiger partial charge is 0.379 e. The first-order valence-corrected chi connectivity index (χ1v) is 8.89. The molecule has 0 aromatic carbocycles. The van der Waals surface area contributed by atoms with E-state index in [1.54, 1.807) is 0 Å².